The maximum absolute atomic E-state index is 13.5. The van der Waals surface area contributed by atoms with Gasteiger partial charge in [0.2, 0.25) is 0 Å². The van der Waals surface area contributed by atoms with Gasteiger partial charge in [-0.15, -0.1) is 24.8 Å². The van der Waals surface area contributed by atoms with Crippen molar-refractivity contribution in [2.75, 3.05) is 44.2 Å². The monoisotopic (exact) mass is 599 g/mol. The largest absolute Gasteiger partial charge is 0.416 e. The SMILES string of the molecule is Cl.Cl.FC(F)(F)c1ccc2c(c1)N(CCCN1CCN(C3C4CC5CC(C4)CC3C5)CC1)c1ccccc1S2. The number of para-hydroxylation sites is 1. The van der Waals surface area contributed by atoms with Gasteiger partial charge in [-0.3, -0.25) is 4.90 Å². The van der Waals surface area contributed by atoms with Crippen LogP contribution in [0.2, 0.25) is 0 Å². The van der Waals surface area contributed by atoms with Gasteiger partial charge in [-0.25, -0.2) is 0 Å². The molecule has 0 aromatic heterocycles. The molecule has 4 bridgehead atoms. The normalized spacial score (nSPS) is 29.8. The second kappa shape index (κ2) is 11.6. The predicted octanol–water partition coefficient (Wildman–Crippen LogP) is 7.98. The summed E-state index contributed by atoms with van der Waals surface area (Å²) >= 11 is 1.57. The highest BCUT2D eigenvalue weighted by Crippen LogP contribution is 2.55. The van der Waals surface area contributed by atoms with Crippen molar-refractivity contribution in [1.82, 2.24) is 9.80 Å². The van der Waals surface area contributed by atoms with Crippen molar-refractivity contribution in [2.45, 2.75) is 60.5 Å². The van der Waals surface area contributed by atoms with E-state index in [0.717, 1.165) is 77.8 Å². The highest BCUT2D eigenvalue weighted by atomic mass is 35.5. The third-order valence-electron chi connectivity index (χ3n) is 9.81. The van der Waals surface area contributed by atoms with Crippen LogP contribution in [0.5, 0.6) is 0 Å². The standard InChI is InChI=1S/C30H36F3N3S.2ClH/c31-30(32,33)24-6-7-28-26(19-24)36(25-4-1-2-5-27(25)37-28)9-3-8-34-10-12-35(13-11-34)29-22-15-20-14-21(17-22)18-23(29)16-20;;/h1-2,4-7,19-23,29H,3,8-18H2;2*1H. The molecule has 0 radical (unpaired) electrons. The van der Waals surface area contributed by atoms with E-state index in [4.69, 9.17) is 0 Å². The van der Waals surface area contributed by atoms with E-state index >= 15 is 0 Å². The van der Waals surface area contributed by atoms with Crippen LogP contribution in [0.15, 0.2) is 52.3 Å². The lowest BCUT2D eigenvalue weighted by atomic mass is 9.54. The van der Waals surface area contributed by atoms with E-state index in [-0.39, 0.29) is 24.8 Å². The van der Waals surface area contributed by atoms with E-state index in [9.17, 15) is 13.2 Å². The minimum Gasteiger partial charge on any atom is -0.340 e. The molecule has 2 heterocycles. The summed E-state index contributed by atoms with van der Waals surface area (Å²) in [5.74, 6) is 3.94. The summed E-state index contributed by atoms with van der Waals surface area (Å²) < 4.78 is 40.5. The topological polar surface area (TPSA) is 9.72 Å². The Morgan fingerprint density at radius 3 is 2.05 bits per heavy atom. The molecular formula is C30H38Cl2F3N3S. The third kappa shape index (κ3) is 5.68. The quantitative estimate of drug-likeness (QED) is 0.344. The number of alkyl halides is 3. The van der Waals surface area contributed by atoms with E-state index in [1.165, 1.54) is 57.3 Å². The summed E-state index contributed by atoms with van der Waals surface area (Å²) in [5.41, 5.74) is 1.13. The fourth-order valence-corrected chi connectivity index (χ4v) is 9.55. The number of hydrogen-bond donors (Lipinski definition) is 0. The van der Waals surface area contributed by atoms with Crippen LogP contribution < -0.4 is 4.90 Å². The summed E-state index contributed by atoms with van der Waals surface area (Å²) in [6, 6.07) is 13.1. The summed E-state index contributed by atoms with van der Waals surface area (Å²) in [6.45, 7) is 6.30. The molecule has 3 nitrogen and oxygen atoms in total. The number of nitrogens with zero attached hydrogens (tertiary/aromatic N) is 3. The van der Waals surface area contributed by atoms with Gasteiger partial charge in [-0.1, -0.05) is 23.9 Å². The minimum atomic E-state index is -4.33. The Morgan fingerprint density at radius 1 is 0.744 bits per heavy atom. The van der Waals surface area contributed by atoms with Crippen LogP contribution in [0, 0.1) is 23.7 Å². The Hall–Kier alpha value is -1.12. The maximum Gasteiger partial charge on any atom is 0.416 e. The van der Waals surface area contributed by atoms with E-state index in [0.29, 0.717) is 5.69 Å². The summed E-state index contributed by atoms with van der Waals surface area (Å²) in [4.78, 5) is 9.53. The van der Waals surface area contributed by atoms with Crippen LogP contribution in [0.1, 0.15) is 44.1 Å². The van der Waals surface area contributed by atoms with Gasteiger partial charge in [0.25, 0.3) is 0 Å². The number of halogens is 5. The first kappa shape index (κ1) is 29.4. The molecule has 2 aliphatic heterocycles. The Balaban J connectivity index is 0.00000154. The lowest BCUT2D eigenvalue weighted by Crippen LogP contribution is -2.60. The molecule has 4 saturated carbocycles. The van der Waals surface area contributed by atoms with Crippen molar-refractivity contribution in [1.29, 1.82) is 0 Å². The molecule has 0 spiro atoms. The molecule has 0 N–H and O–H groups in total. The number of hydrogen-bond acceptors (Lipinski definition) is 4. The van der Waals surface area contributed by atoms with Gasteiger partial charge in [0, 0.05) is 48.6 Å². The van der Waals surface area contributed by atoms with Crippen LogP contribution in [0.3, 0.4) is 0 Å². The van der Waals surface area contributed by atoms with Gasteiger partial charge in [0.1, 0.15) is 0 Å². The average molecular weight is 601 g/mol. The Bertz CT molecular complexity index is 1130. The highest BCUT2D eigenvalue weighted by molar-refractivity contribution is 7.99. The third-order valence-corrected chi connectivity index (χ3v) is 10.9. The van der Waals surface area contributed by atoms with Gasteiger partial charge in [0.05, 0.1) is 16.9 Å². The smallest absolute Gasteiger partial charge is 0.340 e. The molecule has 9 heteroatoms. The van der Waals surface area contributed by atoms with E-state index in [2.05, 4.69) is 20.8 Å². The molecule has 6 aliphatic rings. The Kier molecular flexibility index (Phi) is 8.76. The summed E-state index contributed by atoms with van der Waals surface area (Å²) in [5, 5.41) is 0. The number of rotatable bonds is 5. The Labute approximate surface area is 246 Å². The van der Waals surface area contributed by atoms with Crippen LogP contribution in [-0.2, 0) is 6.18 Å². The van der Waals surface area contributed by atoms with Gasteiger partial charge in [-0.2, -0.15) is 13.2 Å². The Morgan fingerprint density at radius 2 is 1.38 bits per heavy atom. The van der Waals surface area contributed by atoms with Gasteiger partial charge >= 0.3 is 6.18 Å². The van der Waals surface area contributed by atoms with Crippen molar-refractivity contribution in [3.63, 3.8) is 0 Å². The van der Waals surface area contributed by atoms with Crippen molar-refractivity contribution in [3.8, 4) is 0 Å². The summed E-state index contributed by atoms with van der Waals surface area (Å²) in [7, 11) is 0. The van der Waals surface area contributed by atoms with Crippen LogP contribution >= 0.6 is 36.6 Å². The van der Waals surface area contributed by atoms with E-state index in [1.54, 1.807) is 17.8 Å². The zero-order valence-electron chi connectivity index (χ0n) is 22.1. The second-order valence-corrected chi connectivity index (χ2v) is 13.1. The molecule has 0 unspecified atom stereocenters. The fraction of sp³-hybridized carbons (Fsp3) is 0.600. The first-order valence-electron chi connectivity index (χ1n) is 14.1. The molecule has 5 fully saturated rings. The fourth-order valence-electron chi connectivity index (χ4n) is 8.48. The summed E-state index contributed by atoms with van der Waals surface area (Å²) in [6.07, 6.45) is 4.02. The van der Waals surface area contributed by atoms with Crippen LogP contribution in [-0.4, -0.2) is 55.1 Å². The molecule has 214 valence electrons. The minimum absolute atomic E-state index is 0. The van der Waals surface area contributed by atoms with Gasteiger partial charge in [-0.05, 0) is 99.1 Å². The number of fused-ring (bicyclic) bond motifs is 2. The lowest BCUT2D eigenvalue weighted by molar-refractivity contribution is -0.137. The van der Waals surface area contributed by atoms with Gasteiger partial charge < -0.3 is 9.80 Å². The van der Waals surface area contributed by atoms with E-state index < -0.39 is 11.7 Å². The molecule has 0 amide bonds. The lowest BCUT2D eigenvalue weighted by Gasteiger charge is -2.58. The first-order valence-corrected chi connectivity index (χ1v) is 15.0. The van der Waals surface area contributed by atoms with Crippen LogP contribution in [0.4, 0.5) is 24.5 Å². The van der Waals surface area contributed by atoms with Gasteiger partial charge in [0.15, 0.2) is 0 Å². The molecule has 4 aliphatic carbocycles. The molecule has 8 rings (SSSR count). The molecule has 1 saturated heterocycles. The molecule has 39 heavy (non-hydrogen) atoms. The van der Waals surface area contributed by atoms with Crippen molar-refractivity contribution >= 4 is 48.0 Å². The highest BCUT2D eigenvalue weighted by Gasteiger charge is 2.50. The zero-order valence-corrected chi connectivity index (χ0v) is 24.6. The predicted molar refractivity (Wildman–Crippen MR) is 157 cm³/mol. The number of piperazine rings is 1. The average Bonchev–Trinajstić information content (AvgIpc) is 2.87. The first-order chi connectivity index (χ1) is 17.9. The van der Waals surface area contributed by atoms with Crippen molar-refractivity contribution in [2.24, 2.45) is 23.7 Å². The van der Waals surface area contributed by atoms with Crippen molar-refractivity contribution in [3.05, 3.63) is 48.0 Å². The second-order valence-electron chi connectivity index (χ2n) is 12.1. The number of benzene rings is 2. The van der Waals surface area contributed by atoms with E-state index in [1.807, 2.05) is 18.2 Å². The zero-order chi connectivity index (χ0) is 25.1. The molecular weight excluding hydrogens is 562 g/mol. The van der Waals surface area contributed by atoms with Crippen LogP contribution in [0.25, 0.3) is 0 Å². The maximum atomic E-state index is 13.5. The molecule has 2 aromatic carbocycles. The number of anilines is 2. The van der Waals surface area contributed by atoms with Crippen molar-refractivity contribution < 1.29 is 13.2 Å². The molecule has 0 atom stereocenters. The molecule has 2 aromatic rings.